The van der Waals surface area contributed by atoms with Gasteiger partial charge < -0.3 is 14.8 Å². The van der Waals surface area contributed by atoms with Gasteiger partial charge in [0.15, 0.2) is 5.11 Å². The Morgan fingerprint density at radius 2 is 2.46 bits per heavy atom. The fraction of sp³-hybridized carbons (Fsp3) is 0.500. The molecule has 1 aromatic heterocycles. The van der Waals surface area contributed by atoms with E-state index in [1.165, 1.54) is 5.69 Å². The maximum Gasteiger partial charge on any atom is 0.169 e. The van der Waals surface area contributed by atoms with Crippen molar-refractivity contribution in [1.29, 1.82) is 0 Å². The SMILES string of the molecule is CNC(=S)N1CCn2cncc2C1. The van der Waals surface area contributed by atoms with Gasteiger partial charge in [0.05, 0.1) is 18.6 Å². The predicted octanol–water partition coefficient (Wildman–Crippen LogP) is 0.203. The second-order valence-electron chi connectivity index (χ2n) is 3.06. The zero-order valence-corrected chi connectivity index (χ0v) is 8.34. The third-order valence-corrected chi connectivity index (χ3v) is 2.73. The zero-order valence-electron chi connectivity index (χ0n) is 7.53. The third-order valence-electron chi connectivity index (χ3n) is 2.26. The van der Waals surface area contributed by atoms with E-state index < -0.39 is 0 Å². The Morgan fingerprint density at radius 3 is 3.23 bits per heavy atom. The molecule has 13 heavy (non-hydrogen) atoms. The van der Waals surface area contributed by atoms with E-state index in [-0.39, 0.29) is 0 Å². The molecule has 0 aromatic carbocycles. The van der Waals surface area contributed by atoms with E-state index >= 15 is 0 Å². The molecule has 0 unspecified atom stereocenters. The lowest BCUT2D eigenvalue weighted by molar-refractivity contribution is 0.334. The average Bonchev–Trinajstić information content (AvgIpc) is 2.63. The van der Waals surface area contributed by atoms with Gasteiger partial charge in [-0.3, -0.25) is 0 Å². The number of hydrogen-bond donors (Lipinski definition) is 1. The summed E-state index contributed by atoms with van der Waals surface area (Å²) in [5.74, 6) is 0. The van der Waals surface area contributed by atoms with Gasteiger partial charge in [0.25, 0.3) is 0 Å². The van der Waals surface area contributed by atoms with Crippen molar-refractivity contribution in [1.82, 2.24) is 19.8 Å². The molecule has 0 aliphatic carbocycles. The summed E-state index contributed by atoms with van der Waals surface area (Å²) in [6.07, 6.45) is 3.76. The average molecular weight is 196 g/mol. The maximum atomic E-state index is 5.16. The molecule has 0 fully saturated rings. The van der Waals surface area contributed by atoms with Crippen LogP contribution < -0.4 is 5.32 Å². The Bertz CT molecular complexity index is 320. The van der Waals surface area contributed by atoms with E-state index in [9.17, 15) is 0 Å². The van der Waals surface area contributed by atoms with Crippen LogP contribution in [0, 0.1) is 0 Å². The van der Waals surface area contributed by atoms with Crippen molar-refractivity contribution in [2.24, 2.45) is 0 Å². The van der Waals surface area contributed by atoms with E-state index in [0.29, 0.717) is 0 Å². The van der Waals surface area contributed by atoms with Crippen LogP contribution >= 0.6 is 12.2 Å². The summed E-state index contributed by atoms with van der Waals surface area (Å²) in [5, 5.41) is 3.80. The third kappa shape index (κ3) is 1.51. The molecule has 1 aliphatic heterocycles. The highest BCUT2D eigenvalue weighted by Gasteiger charge is 2.16. The first-order valence-corrected chi connectivity index (χ1v) is 4.68. The highest BCUT2D eigenvalue weighted by atomic mass is 32.1. The van der Waals surface area contributed by atoms with Crippen molar-refractivity contribution in [2.45, 2.75) is 13.1 Å². The maximum absolute atomic E-state index is 5.16. The van der Waals surface area contributed by atoms with Gasteiger partial charge in [0.2, 0.25) is 0 Å². The van der Waals surface area contributed by atoms with Crippen LogP contribution in [-0.4, -0.2) is 33.2 Å². The summed E-state index contributed by atoms with van der Waals surface area (Å²) in [7, 11) is 1.86. The van der Waals surface area contributed by atoms with Gasteiger partial charge in [-0.15, -0.1) is 0 Å². The standard InChI is InChI=1S/C8H12N4S/c1-9-8(13)11-2-3-12-6-10-4-7(12)5-11/h4,6H,2-3,5H2,1H3,(H,9,13). The molecule has 0 bridgehead atoms. The number of nitrogens with zero attached hydrogens (tertiary/aromatic N) is 3. The Hall–Kier alpha value is -1.10. The molecule has 2 rings (SSSR count). The van der Waals surface area contributed by atoms with E-state index in [1.54, 1.807) is 0 Å². The second kappa shape index (κ2) is 3.33. The molecule has 4 nitrogen and oxygen atoms in total. The molecule has 0 saturated heterocycles. The van der Waals surface area contributed by atoms with Crippen LogP contribution in [0.15, 0.2) is 12.5 Å². The molecule has 5 heteroatoms. The Morgan fingerprint density at radius 1 is 1.62 bits per heavy atom. The molecule has 1 aromatic rings. The number of hydrogen-bond acceptors (Lipinski definition) is 2. The molecule has 70 valence electrons. The smallest absolute Gasteiger partial charge is 0.169 e. The van der Waals surface area contributed by atoms with Gasteiger partial charge in [0, 0.05) is 26.3 Å². The van der Waals surface area contributed by atoms with Gasteiger partial charge in [-0.05, 0) is 12.2 Å². The molecule has 0 saturated carbocycles. The second-order valence-corrected chi connectivity index (χ2v) is 3.44. The summed E-state index contributed by atoms with van der Waals surface area (Å²) in [4.78, 5) is 6.24. The summed E-state index contributed by atoms with van der Waals surface area (Å²) in [6.45, 7) is 2.79. The molecular formula is C8H12N4S. The normalized spacial score (nSPS) is 15.3. The van der Waals surface area contributed by atoms with Gasteiger partial charge in [-0.2, -0.15) is 0 Å². The van der Waals surface area contributed by atoms with Crippen molar-refractivity contribution < 1.29 is 0 Å². The topological polar surface area (TPSA) is 33.1 Å². The first-order chi connectivity index (χ1) is 6.31. The zero-order chi connectivity index (χ0) is 9.26. The summed E-state index contributed by atoms with van der Waals surface area (Å²) in [5.41, 5.74) is 1.23. The quantitative estimate of drug-likeness (QED) is 0.601. The number of aromatic nitrogens is 2. The lowest BCUT2D eigenvalue weighted by Gasteiger charge is -2.29. The van der Waals surface area contributed by atoms with Gasteiger partial charge >= 0.3 is 0 Å². The van der Waals surface area contributed by atoms with Gasteiger partial charge in [-0.1, -0.05) is 0 Å². The molecular weight excluding hydrogens is 184 g/mol. The Labute approximate surface area is 82.6 Å². The van der Waals surface area contributed by atoms with Crippen LogP contribution in [0.1, 0.15) is 5.69 Å². The molecule has 0 spiro atoms. The number of rotatable bonds is 0. The van der Waals surface area contributed by atoms with Crippen molar-refractivity contribution in [3.63, 3.8) is 0 Å². The van der Waals surface area contributed by atoms with Crippen LogP contribution in [-0.2, 0) is 13.1 Å². The van der Waals surface area contributed by atoms with E-state index in [2.05, 4.69) is 19.8 Å². The molecule has 0 radical (unpaired) electrons. The number of nitrogens with one attached hydrogen (secondary N) is 1. The minimum atomic E-state index is 0.812. The molecule has 0 atom stereocenters. The molecule has 0 amide bonds. The fourth-order valence-electron chi connectivity index (χ4n) is 1.52. The minimum absolute atomic E-state index is 0.812. The summed E-state index contributed by atoms with van der Waals surface area (Å²) in [6, 6.07) is 0. The molecule has 1 N–H and O–H groups in total. The summed E-state index contributed by atoms with van der Waals surface area (Å²) < 4.78 is 2.16. The van der Waals surface area contributed by atoms with E-state index in [1.807, 2.05) is 19.6 Å². The highest BCUT2D eigenvalue weighted by Crippen LogP contribution is 2.10. The Balaban J connectivity index is 2.13. The first kappa shape index (κ1) is 8.50. The monoisotopic (exact) mass is 196 g/mol. The van der Waals surface area contributed by atoms with Crippen molar-refractivity contribution >= 4 is 17.3 Å². The predicted molar refractivity (Wildman–Crippen MR) is 54.3 cm³/mol. The van der Waals surface area contributed by atoms with Crippen LogP contribution in [0.2, 0.25) is 0 Å². The highest BCUT2D eigenvalue weighted by molar-refractivity contribution is 7.80. The van der Waals surface area contributed by atoms with Crippen LogP contribution in [0.5, 0.6) is 0 Å². The molecule has 1 aliphatic rings. The van der Waals surface area contributed by atoms with Gasteiger partial charge in [0.1, 0.15) is 0 Å². The van der Waals surface area contributed by atoms with Crippen LogP contribution in [0.25, 0.3) is 0 Å². The van der Waals surface area contributed by atoms with Gasteiger partial charge in [-0.25, -0.2) is 4.98 Å². The Kier molecular flexibility index (Phi) is 2.18. The van der Waals surface area contributed by atoms with Crippen LogP contribution in [0.4, 0.5) is 0 Å². The molecule has 2 heterocycles. The van der Waals surface area contributed by atoms with Crippen molar-refractivity contribution in [2.75, 3.05) is 13.6 Å². The van der Waals surface area contributed by atoms with E-state index in [4.69, 9.17) is 12.2 Å². The lowest BCUT2D eigenvalue weighted by Crippen LogP contribution is -2.42. The largest absolute Gasteiger partial charge is 0.366 e. The van der Waals surface area contributed by atoms with Crippen molar-refractivity contribution in [3.05, 3.63) is 18.2 Å². The number of fused-ring (bicyclic) bond motifs is 1. The van der Waals surface area contributed by atoms with E-state index in [0.717, 1.165) is 24.7 Å². The number of thiocarbonyl (C=S) groups is 1. The number of imidazole rings is 1. The first-order valence-electron chi connectivity index (χ1n) is 4.27. The summed E-state index contributed by atoms with van der Waals surface area (Å²) >= 11 is 5.16. The fourth-order valence-corrected chi connectivity index (χ4v) is 1.67. The minimum Gasteiger partial charge on any atom is -0.366 e. The van der Waals surface area contributed by atoms with Crippen LogP contribution in [0.3, 0.4) is 0 Å². The van der Waals surface area contributed by atoms with Crippen molar-refractivity contribution in [3.8, 4) is 0 Å². The lowest BCUT2D eigenvalue weighted by atomic mass is 10.3.